The van der Waals surface area contributed by atoms with E-state index in [2.05, 4.69) is 5.32 Å². The molecular weight excluding hydrogens is 296 g/mol. The Kier molecular flexibility index (Phi) is 4.29. The second kappa shape index (κ2) is 6.37. The van der Waals surface area contributed by atoms with Gasteiger partial charge in [0.15, 0.2) is 6.54 Å². The Labute approximate surface area is 134 Å². The molecule has 1 aromatic rings. The van der Waals surface area contributed by atoms with Crippen molar-refractivity contribution in [2.45, 2.75) is 6.92 Å². The van der Waals surface area contributed by atoms with Crippen LogP contribution in [0.3, 0.4) is 0 Å². The van der Waals surface area contributed by atoms with Crippen molar-refractivity contribution in [2.24, 2.45) is 0 Å². The van der Waals surface area contributed by atoms with Crippen LogP contribution in [-0.4, -0.2) is 61.9 Å². The van der Waals surface area contributed by atoms with E-state index >= 15 is 0 Å². The molecule has 3 amide bonds. The van der Waals surface area contributed by atoms with E-state index in [-0.39, 0.29) is 24.3 Å². The number of nitrogens with zero attached hydrogens (tertiary/aromatic N) is 2. The van der Waals surface area contributed by atoms with Gasteiger partial charge in [0.05, 0.1) is 37.6 Å². The Bertz CT molecular complexity index is 638. The molecular formula is C16H21N4O3+. The van der Waals surface area contributed by atoms with Crippen LogP contribution in [-0.2, 0) is 14.4 Å². The summed E-state index contributed by atoms with van der Waals surface area (Å²) in [5, 5.41) is 2.78. The highest BCUT2D eigenvalue weighted by molar-refractivity contribution is 6.10. The van der Waals surface area contributed by atoms with E-state index < -0.39 is 0 Å². The van der Waals surface area contributed by atoms with Gasteiger partial charge in [0.2, 0.25) is 11.8 Å². The van der Waals surface area contributed by atoms with Gasteiger partial charge in [-0.2, -0.15) is 0 Å². The Morgan fingerprint density at radius 3 is 2.61 bits per heavy atom. The number of carbonyl (C=O) groups is 3. The molecule has 2 N–H and O–H groups in total. The lowest BCUT2D eigenvalue weighted by Crippen LogP contribution is -3.15. The van der Waals surface area contributed by atoms with E-state index in [9.17, 15) is 14.4 Å². The minimum absolute atomic E-state index is 0.0569. The van der Waals surface area contributed by atoms with Crippen molar-refractivity contribution in [3.8, 4) is 0 Å². The zero-order chi connectivity index (χ0) is 16.4. The molecule has 0 atom stereocenters. The summed E-state index contributed by atoms with van der Waals surface area (Å²) in [6.07, 6.45) is 0. The van der Waals surface area contributed by atoms with Crippen LogP contribution < -0.4 is 15.1 Å². The number of piperazine rings is 1. The number of fused-ring (bicyclic) bond motifs is 1. The lowest BCUT2D eigenvalue weighted by atomic mass is 10.2. The van der Waals surface area contributed by atoms with E-state index in [1.165, 1.54) is 0 Å². The van der Waals surface area contributed by atoms with Gasteiger partial charge in [0.25, 0.3) is 5.91 Å². The van der Waals surface area contributed by atoms with Crippen molar-refractivity contribution >= 4 is 29.1 Å². The number of benzene rings is 1. The summed E-state index contributed by atoms with van der Waals surface area (Å²) < 4.78 is 0. The molecule has 0 spiro atoms. The summed E-state index contributed by atoms with van der Waals surface area (Å²) >= 11 is 0. The smallest absolute Gasteiger partial charge is 0.282 e. The standard InChI is InChI=1S/C16H20N4O3/c1-12(21)19-8-6-18(7-9-19)11-16(23)20-10-15(22)17-13-4-2-3-5-14(13)20/h2-5H,6-11H2,1H3,(H,17,22)/p+1. The monoisotopic (exact) mass is 317 g/mol. The highest BCUT2D eigenvalue weighted by Gasteiger charge is 2.30. The summed E-state index contributed by atoms with van der Waals surface area (Å²) in [5.41, 5.74) is 1.42. The van der Waals surface area contributed by atoms with Gasteiger partial charge >= 0.3 is 0 Å². The Morgan fingerprint density at radius 1 is 1.22 bits per heavy atom. The molecule has 1 fully saturated rings. The first-order chi connectivity index (χ1) is 11.0. The van der Waals surface area contributed by atoms with Gasteiger partial charge in [-0.05, 0) is 12.1 Å². The number of hydrogen-bond donors (Lipinski definition) is 2. The molecule has 0 aromatic heterocycles. The van der Waals surface area contributed by atoms with Gasteiger partial charge < -0.3 is 15.1 Å². The third kappa shape index (κ3) is 3.34. The van der Waals surface area contributed by atoms with Gasteiger partial charge in [0, 0.05) is 6.92 Å². The van der Waals surface area contributed by atoms with Crippen LogP contribution in [0.15, 0.2) is 24.3 Å². The predicted octanol–water partition coefficient (Wildman–Crippen LogP) is -1.28. The van der Waals surface area contributed by atoms with Gasteiger partial charge in [-0.3, -0.25) is 19.3 Å². The number of para-hydroxylation sites is 2. The molecule has 7 nitrogen and oxygen atoms in total. The topological polar surface area (TPSA) is 74.2 Å². The van der Waals surface area contributed by atoms with E-state index in [0.717, 1.165) is 23.7 Å². The first-order valence-electron chi connectivity index (χ1n) is 7.83. The van der Waals surface area contributed by atoms with Crippen molar-refractivity contribution < 1.29 is 19.3 Å². The molecule has 0 aliphatic carbocycles. The number of carbonyl (C=O) groups excluding carboxylic acids is 3. The molecule has 0 radical (unpaired) electrons. The highest BCUT2D eigenvalue weighted by atomic mass is 16.2. The van der Waals surface area contributed by atoms with Crippen molar-refractivity contribution in [2.75, 3.05) is 49.5 Å². The molecule has 23 heavy (non-hydrogen) atoms. The zero-order valence-electron chi connectivity index (χ0n) is 13.2. The molecule has 1 aromatic carbocycles. The summed E-state index contributed by atoms with van der Waals surface area (Å²) in [6, 6.07) is 7.33. The lowest BCUT2D eigenvalue weighted by molar-refractivity contribution is -0.895. The van der Waals surface area contributed by atoms with E-state index in [1.807, 2.05) is 18.2 Å². The summed E-state index contributed by atoms with van der Waals surface area (Å²) in [6.45, 7) is 4.83. The van der Waals surface area contributed by atoms with E-state index in [1.54, 1.807) is 22.8 Å². The first kappa shape index (κ1) is 15.5. The molecule has 0 bridgehead atoms. The number of rotatable bonds is 2. The van der Waals surface area contributed by atoms with Gasteiger partial charge in [-0.1, -0.05) is 12.1 Å². The summed E-state index contributed by atoms with van der Waals surface area (Å²) in [4.78, 5) is 40.3. The molecule has 2 heterocycles. The molecule has 2 aliphatic heterocycles. The van der Waals surface area contributed by atoms with Crippen molar-refractivity contribution in [1.29, 1.82) is 0 Å². The van der Waals surface area contributed by atoms with Gasteiger partial charge in [0.1, 0.15) is 6.54 Å². The number of nitrogens with one attached hydrogen (secondary N) is 2. The number of quaternary nitrogens is 1. The van der Waals surface area contributed by atoms with Crippen molar-refractivity contribution in [3.63, 3.8) is 0 Å². The fraction of sp³-hybridized carbons (Fsp3) is 0.438. The highest BCUT2D eigenvalue weighted by Crippen LogP contribution is 2.28. The fourth-order valence-electron chi connectivity index (χ4n) is 3.08. The average Bonchev–Trinajstić information content (AvgIpc) is 2.54. The molecule has 0 unspecified atom stereocenters. The number of amides is 3. The Hall–Kier alpha value is -2.41. The maximum atomic E-state index is 12.6. The minimum Gasteiger partial charge on any atom is -0.332 e. The molecule has 7 heteroatoms. The van der Waals surface area contributed by atoms with Crippen LogP contribution in [0.1, 0.15) is 6.92 Å². The van der Waals surface area contributed by atoms with Crippen LogP contribution in [0.5, 0.6) is 0 Å². The Balaban J connectivity index is 1.65. The fourth-order valence-corrected chi connectivity index (χ4v) is 3.08. The van der Waals surface area contributed by atoms with Crippen LogP contribution in [0.2, 0.25) is 0 Å². The SMILES string of the molecule is CC(=O)N1CC[NH+](CC(=O)N2CC(=O)Nc3ccccc32)CC1. The first-order valence-corrected chi connectivity index (χ1v) is 7.83. The van der Waals surface area contributed by atoms with Gasteiger partial charge in [-0.25, -0.2) is 0 Å². The van der Waals surface area contributed by atoms with Crippen molar-refractivity contribution in [3.05, 3.63) is 24.3 Å². The van der Waals surface area contributed by atoms with E-state index in [4.69, 9.17) is 0 Å². The summed E-state index contributed by atoms with van der Waals surface area (Å²) in [5.74, 6) is -0.149. The maximum absolute atomic E-state index is 12.6. The van der Waals surface area contributed by atoms with Gasteiger partial charge in [-0.15, -0.1) is 0 Å². The molecule has 122 valence electrons. The third-order valence-electron chi connectivity index (χ3n) is 4.39. The number of hydrogen-bond acceptors (Lipinski definition) is 3. The predicted molar refractivity (Wildman–Crippen MR) is 85.2 cm³/mol. The second-order valence-corrected chi connectivity index (χ2v) is 5.98. The zero-order valence-corrected chi connectivity index (χ0v) is 13.2. The maximum Gasteiger partial charge on any atom is 0.282 e. The normalized spacial score (nSPS) is 18.4. The van der Waals surface area contributed by atoms with Crippen LogP contribution in [0.4, 0.5) is 11.4 Å². The lowest BCUT2D eigenvalue weighted by Gasteiger charge is -2.33. The molecule has 2 aliphatic rings. The molecule has 0 saturated carbocycles. The number of anilines is 2. The van der Waals surface area contributed by atoms with Crippen LogP contribution in [0.25, 0.3) is 0 Å². The van der Waals surface area contributed by atoms with Crippen LogP contribution in [0, 0.1) is 0 Å². The second-order valence-electron chi connectivity index (χ2n) is 5.98. The average molecular weight is 317 g/mol. The largest absolute Gasteiger partial charge is 0.332 e. The summed E-state index contributed by atoms with van der Waals surface area (Å²) in [7, 11) is 0. The molecule has 3 rings (SSSR count). The quantitative estimate of drug-likeness (QED) is 0.713. The Morgan fingerprint density at radius 2 is 1.91 bits per heavy atom. The van der Waals surface area contributed by atoms with Crippen LogP contribution >= 0.6 is 0 Å². The molecule has 1 saturated heterocycles. The third-order valence-corrected chi connectivity index (χ3v) is 4.39. The van der Waals surface area contributed by atoms with E-state index in [0.29, 0.717) is 25.3 Å². The minimum atomic E-state index is -0.173. The van der Waals surface area contributed by atoms with Crippen molar-refractivity contribution in [1.82, 2.24) is 4.90 Å².